The van der Waals surface area contributed by atoms with E-state index in [1.54, 1.807) is 0 Å². The molecule has 0 aliphatic carbocycles. The van der Waals surface area contributed by atoms with Gasteiger partial charge in [0.1, 0.15) is 0 Å². The van der Waals surface area contributed by atoms with Gasteiger partial charge in [0.05, 0.1) is 5.69 Å². The Kier molecular flexibility index (Phi) is 3.94. The van der Waals surface area contributed by atoms with Crippen LogP contribution in [0.15, 0.2) is 30.3 Å². The highest BCUT2D eigenvalue weighted by Gasteiger charge is 2.08. The monoisotopic (exact) mass is 229 g/mol. The molecule has 1 heterocycles. The van der Waals surface area contributed by atoms with E-state index in [-0.39, 0.29) is 0 Å². The Morgan fingerprint density at radius 2 is 1.94 bits per heavy atom. The van der Waals surface area contributed by atoms with Crippen molar-refractivity contribution >= 4 is 0 Å². The minimum atomic E-state index is 0.881. The van der Waals surface area contributed by atoms with Crippen molar-refractivity contribution in [2.75, 3.05) is 7.05 Å². The summed E-state index contributed by atoms with van der Waals surface area (Å²) in [6.45, 7) is 2.96. The van der Waals surface area contributed by atoms with Crippen LogP contribution in [0.5, 0.6) is 0 Å². The first-order chi connectivity index (χ1) is 8.31. The molecule has 2 N–H and O–H groups in total. The maximum Gasteiger partial charge on any atom is 0.0673 e. The molecule has 0 aliphatic rings. The maximum absolute atomic E-state index is 4.38. The Bertz CT molecular complexity index is 460. The summed E-state index contributed by atoms with van der Waals surface area (Å²) in [5.41, 5.74) is 5.02. The molecule has 0 radical (unpaired) electrons. The second kappa shape index (κ2) is 5.64. The molecular weight excluding hydrogens is 210 g/mol. The van der Waals surface area contributed by atoms with E-state index in [2.05, 4.69) is 52.8 Å². The van der Waals surface area contributed by atoms with Crippen molar-refractivity contribution in [1.29, 1.82) is 0 Å². The van der Waals surface area contributed by atoms with Gasteiger partial charge < -0.3 is 5.32 Å². The summed E-state index contributed by atoms with van der Waals surface area (Å²) >= 11 is 0. The fraction of sp³-hybridized carbons (Fsp3) is 0.357. The van der Waals surface area contributed by atoms with Crippen molar-refractivity contribution in [3.8, 4) is 0 Å². The number of hydrogen-bond acceptors (Lipinski definition) is 2. The van der Waals surface area contributed by atoms with Crippen LogP contribution in [-0.4, -0.2) is 17.2 Å². The van der Waals surface area contributed by atoms with Crippen molar-refractivity contribution in [3.05, 3.63) is 52.8 Å². The third kappa shape index (κ3) is 2.94. The van der Waals surface area contributed by atoms with Crippen LogP contribution in [0.2, 0.25) is 0 Å². The van der Waals surface area contributed by atoms with Gasteiger partial charge >= 0.3 is 0 Å². The molecule has 0 atom stereocenters. The summed E-state index contributed by atoms with van der Waals surface area (Å²) in [5.74, 6) is 0. The Labute approximate surface area is 102 Å². The zero-order valence-electron chi connectivity index (χ0n) is 10.5. The van der Waals surface area contributed by atoms with E-state index in [1.165, 1.54) is 22.5 Å². The Morgan fingerprint density at radius 3 is 2.65 bits per heavy atom. The summed E-state index contributed by atoms with van der Waals surface area (Å²) in [6, 6.07) is 10.5. The second-order valence-electron chi connectivity index (χ2n) is 4.29. The zero-order valence-corrected chi connectivity index (χ0v) is 10.5. The lowest BCUT2D eigenvalue weighted by Gasteiger charge is -2.03. The summed E-state index contributed by atoms with van der Waals surface area (Å²) in [5, 5.41) is 10.6. The molecule has 0 saturated heterocycles. The van der Waals surface area contributed by atoms with Crippen LogP contribution in [0.25, 0.3) is 0 Å². The van der Waals surface area contributed by atoms with Gasteiger partial charge in [-0.25, -0.2) is 0 Å². The van der Waals surface area contributed by atoms with Gasteiger partial charge in [-0.1, -0.05) is 30.3 Å². The Morgan fingerprint density at radius 1 is 1.18 bits per heavy atom. The van der Waals surface area contributed by atoms with E-state index < -0.39 is 0 Å². The summed E-state index contributed by atoms with van der Waals surface area (Å²) in [6.07, 6.45) is 2.03. The molecule has 0 aliphatic heterocycles. The van der Waals surface area contributed by atoms with Gasteiger partial charge in [-0.15, -0.1) is 0 Å². The summed E-state index contributed by atoms with van der Waals surface area (Å²) in [7, 11) is 1.97. The molecule has 2 rings (SSSR count). The molecule has 1 aromatic heterocycles. The minimum absolute atomic E-state index is 0.881. The Balaban J connectivity index is 2.04. The number of aromatic amines is 1. The van der Waals surface area contributed by atoms with Crippen LogP contribution in [0.4, 0.5) is 0 Å². The lowest BCUT2D eigenvalue weighted by Crippen LogP contribution is -2.08. The van der Waals surface area contributed by atoms with Crippen LogP contribution in [0.3, 0.4) is 0 Å². The number of benzene rings is 1. The first-order valence-electron chi connectivity index (χ1n) is 6.02. The van der Waals surface area contributed by atoms with Crippen molar-refractivity contribution in [2.45, 2.75) is 26.3 Å². The standard InChI is InChI=1S/C14H19N3/c1-11-13(10-15-2)14(17-16-11)9-8-12-6-4-3-5-7-12/h3-7,15H,8-10H2,1-2H3,(H,16,17). The largest absolute Gasteiger partial charge is 0.316 e. The lowest BCUT2D eigenvalue weighted by molar-refractivity contribution is 0.791. The van der Waals surface area contributed by atoms with E-state index in [4.69, 9.17) is 0 Å². The van der Waals surface area contributed by atoms with Crippen molar-refractivity contribution in [2.24, 2.45) is 0 Å². The maximum atomic E-state index is 4.38. The first kappa shape index (κ1) is 11.9. The topological polar surface area (TPSA) is 40.7 Å². The molecule has 90 valence electrons. The van der Waals surface area contributed by atoms with Gasteiger partial charge in [-0.2, -0.15) is 5.10 Å². The summed E-state index contributed by atoms with van der Waals surface area (Å²) < 4.78 is 0. The van der Waals surface area contributed by atoms with Crippen LogP contribution in [0, 0.1) is 6.92 Å². The van der Waals surface area contributed by atoms with Crippen LogP contribution >= 0.6 is 0 Å². The van der Waals surface area contributed by atoms with E-state index in [1.807, 2.05) is 7.05 Å². The van der Waals surface area contributed by atoms with Gasteiger partial charge in [0.2, 0.25) is 0 Å². The molecule has 0 unspecified atom stereocenters. The number of aryl methyl sites for hydroxylation is 3. The zero-order chi connectivity index (χ0) is 12.1. The number of hydrogen-bond donors (Lipinski definition) is 2. The van der Waals surface area contributed by atoms with Crippen LogP contribution < -0.4 is 5.32 Å². The van der Waals surface area contributed by atoms with Crippen LogP contribution in [-0.2, 0) is 19.4 Å². The van der Waals surface area contributed by atoms with Crippen molar-refractivity contribution in [3.63, 3.8) is 0 Å². The van der Waals surface area contributed by atoms with Gasteiger partial charge in [0.15, 0.2) is 0 Å². The van der Waals surface area contributed by atoms with Crippen molar-refractivity contribution in [1.82, 2.24) is 15.5 Å². The molecule has 3 heteroatoms. The number of aromatic nitrogens is 2. The SMILES string of the molecule is CNCc1c(CCc2ccccc2)n[nH]c1C. The molecular formula is C14H19N3. The van der Waals surface area contributed by atoms with Gasteiger partial charge in [-0.05, 0) is 32.4 Å². The minimum Gasteiger partial charge on any atom is -0.316 e. The van der Waals surface area contributed by atoms with Gasteiger partial charge in [0.25, 0.3) is 0 Å². The lowest BCUT2D eigenvalue weighted by atomic mass is 10.0. The number of rotatable bonds is 5. The second-order valence-corrected chi connectivity index (χ2v) is 4.29. The van der Waals surface area contributed by atoms with E-state index in [0.717, 1.165) is 19.4 Å². The third-order valence-electron chi connectivity index (χ3n) is 3.01. The molecule has 0 spiro atoms. The molecule has 0 amide bonds. The molecule has 0 saturated carbocycles. The highest BCUT2D eigenvalue weighted by molar-refractivity contribution is 5.26. The smallest absolute Gasteiger partial charge is 0.0673 e. The third-order valence-corrected chi connectivity index (χ3v) is 3.01. The van der Waals surface area contributed by atoms with Gasteiger partial charge in [-0.3, -0.25) is 5.10 Å². The van der Waals surface area contributed by atoms with Gasteiger partial charge in [0, 0.05) is 17.8 Å². The number of H-pyrrole nitrogens is 1. The highest BCUT2D eigenvalue weighted by atomic mass is 15.1. The molecule has 1 aromatic carbocycles. The predicted molar refractivity (Wildman–Crippen MR) is 69.9 cm³/mol. The molecule has 3 nitrogen and oxygen atoms in total. The first-order valence-corrected chi connectivity index (χ1v) is 6.02. The highest BCUT2D eigenvalue weighted by Crippen LogP contribution is 2.13. The molecule has 2 aromatic rings. The molecule has 0 fully saturated rings. The average molecular weight is 229 g/mol. The Hall–Kier alpha value is -1.61. The normalized spacial score (nSPS) is 10.7. The number of nitrogens with one attached hydrogen (secondary N) is 2. The summed E-state index contributed by atoms with van der Waals surface area (Å²) in [4.78, 5) is 0. The average Bonchev–Trinajstić information content (AvgIpc) is 2.70. The van der Waals surface area contributed by atoms with E-state index in [0.29, 0.717) is 0 Å². The molecule has 17 heavy (non-hydrogen) atoms. The predicted octanol–water partition coefficient (Wildman–Crippen LogP) is 2.22. The van der Waals surface area contributed by atoms with Crippen molar-refractivity contribution < 1.29 is 0 Å². The fourth-order valence-electron chi connectivity index (χ4n) is 2.03. The quantitative estimate of drug-likeness (QED) is 0.825. The number of nitrogens with zero attached hydrogens (tertiary/aromatic N) is 1. The van der Waals surface area contributed by atoms with E-state index >= 15 is 0 Å². The fourth-order valence-corrected chi connectivity index (χ4v) is 2.03. The van der Waals surface area contributed by atoms with Crippen LogP contribution in [0.1, 0.15) is 22.5 Å². The molecule has 0 bridgehead atoms. The van der Waals surface area contributed by atoms with E-state index in [9.17, 15) is 0 Å².